The molecular formula is C17H19F4N3S. The van der Waals surface area contributed by atoms with E-state index in [1.54, 1.807) is 0 Å². The molecular weight excluding hydrogens is 354 g/mol. The second kappa shape index (κ2) is 6.92. The smallest absolute Gasteiger partial charge is 0.375 e. The lowest BCUT2D eigenvalue weighted by molar-refractivity contribution is -0.137. The summed E-state index contributed by atoms with van der Waals surface area (Å²) in [5, 5.41) is 0.273. The fourth-order valence-corrected chi connectivity index (χ4v) is 4.22. The highest BCUT2D eigenvalue weighted by atomic mass is 32.1. The normalized spacial score (nSPS) is 18.8. The average Bonchev–Trinajstić information content (AvgIpc) is 3.12. The van der Waals surface area contributed by atoms with E-state index in [0.717, 1.165) is 42.8 Å². The van der Waals surface area contributed by atoms with Gasteiger partial charge < -0.3 is 5.73 Å². The van der Waals surface area contributed by atoms with Gasteiger partial charge in [0.05, 0.1) is 11.3 Å². The number of halogens is 4. The van der Waals surface area contributed by atoms with E-state index in [9.17, 15) is 17.6 Å². The van der Waals surface area contributed by atoms with Crippen LogP contribution in [0.1, 0.15) is 36.6 Å². The van der Waals surface area contributed by atoms with Crippen molar-refractivity contribution in [3.63, 3.8) is 0 Å². The van der Waals surface area contributed by atoms with Crippen LogP contribution < -0.4 is 5.73 Å². The third-order valence-corrected chi connectivity index (χ3v) is 5.40. The number of rotatable bonds is 4. The van der Waals surface area contributed by atoms with Crippen molar-refractivity contribution in [3.05, 3.63) is 34.5 Å². The van der Waals surface area contributed by atoms with Gasteiger partial charge in [0, 0.05) is 23.0 Å². The monoisotopic (exact) mass is 373 g/mol. The number of nitrogens with zero attached hydrogens (tertiary/aromatic N) is 2. The van der Waals surface area contributed by atoms with E-state index in [1.165, 1.54) is 11.3 Å². The maximum absolute atomic E-state index is 13.7. The van der Waals surface area contributed by atoms with E-state index >= 15 is 0 Å². The van der Waals surface area contributed by atoms with Crippen LogP contribution in [0.2, 0.25) is 0 Å². The van der Waals surface area contributed by atoms with Gasteiger partial charge in [-0.05, 0) is 44.0 Å². The molecule has 2 heterocycles. The number of benzene rings is 1. The number of alkyl halides is 3. The Morgan fingerprint density at radius 1 is 1.32 bits per heavy atom. The summed E-state index contributed by atoms with van der Waals surface area (Å²) in [5.41, 5.74) is 5.23. The molecule has 1 saturated heterocycles. The third kappa shape index (κ3) is 3.95. The van der Waals surface area contributed by atoms with Gasteiger partial charge in [-0.25, -0.2) is 9.37 Å². The molecule has 1 atom stereocenters. The molecule has 0 spiro atoms. The first-order valence-electron chi connectivity index (χ1n) is 8.15. The summed E-state index contributed by atoms with van der Waals surface area (Å²) < 4.78 is 52.7. The van der Waals surface area contributed by atoms with E-state index < -0.39 is 17.6 Å². The highest BCUT2D eigenvalue weighted by molar-refractivity contribution is 7.15. The van der Waals surface area contributed by atoms with Crippen LogP contribution in [-0.4, -0.2) is 22.5 Å². The third-order valence-electron chi connectivity index (χ3n) is 4.53. The minimum absolute atomic E-state index is 0.113. The molecule has 3 nitrogen and oxygen atoms in total. The van der Waals surface area contributed by atoms with Crippen LogP contribution in [0.15, 0.2) is 18.2 Å². The molecule has 1 aliphatic rings. The largest absolute Gasteiger partial charge is 0.416 e. The molecule has 0 aliphatic carbocycles. The van der Waals surface area contributed by atoms with Gasteiger partial charge in [-0.2, -0.15) is 13.2 Å². The quantitative estimate of drug-likeness (QED) is 0.773. The van der Waals surface area contributed by atoms with Crippen molar-refractivity contribution in [2.24, 2.45) is 0 Å². The number of nitrogen functional groups attached to an aromatic ring is 1. The summed E-state index contributed by atoms with van der Waals surface area (Å²) in [5.74, 6) is -0.935. The van der Waals surface area contributed by atoms with Crippen LogP contribution in [0.25, 0.3) is 11.3 Å². The summed E-state index contributed by atoms with van der Waals surface area (Å²) in [6, 6.07) is 2.96. The van der Waals surface area contributed by atoms with Crippen molar-refractivity contribution in [2.75, 3.05) is 12.3 Å². The first-order valence-corrected chi connectivity index (χ1v) is 8.97. The Morgan fingerprint density at radius 3 is 2.76 bits per heavy atom. The van der Waals surface area contributed by atoms with E-state index in [4.69, 9.17) is 5.73 Å². The number of likely N-dealkylation sites (tertiary alicyclic amines) is 1. The van der Waals surface area contributed by atoms with E-state index in [2.05, 4.69) is 16.8 Å². The predicted octanol–water partition coefficient (Wildman–Crippen LogP) is 4.92. The van der Waals surface area contributed by atoms with Crippen molar-refractivity contribution >= 4 is 16.5 Å². The Labute approximate surface area is 147 Å². The molecule has 25 heavy (non-hydrogen) atoms. The van der Waals surface area contributed by atoms with Crippen LogP contribution in [-0.2, 0) is 12.7 Å². The number of thiazole rings is 1. The van der Waals surface area contributed by atoms with Gasteiger partial charge in [0.2, 0.25) is 0 Å². The highest BCUT2D eigenvalue weighted by Crippen LogP contribution is 2.37. The first kappa shape index (κ1) is 18.1. The van der Waals surface area contributed by atoms with Crippen molar-refractivity contribution in [3.8, 4) is 11.3 Å². The second-order valence-corrected chi connectivity index (χ2v) is 7.34. The summed E-state index contributed by atoms with van der Waals surface area (Å²) in [7, 11) is 0. The molecule has 0 unspecified atom stereocenters. The number of anilines is 1. The Kier molecular flexibility index (Phi) is 5.02. The van der Waals surface area contributed by atoms with Crippen LogP contribution >= 0.6 is 11.3 Å². The fourth-order valence-electron chi connectivity index (χ4n) is 3.34. The molecule has 1 aliphatic heterocycles. The van der Waals surface area contributed by atoms with E-state index in [-0.39, 0.29) is 10.7 Å². The molecule has 8 heteroatoms. The average molecular weight is 373 g/mol. The maximum Gasteiger partial charge on any atom is 0.416 e. The summed E-state index contributed by atoms with van der Waals surface area (Å²) in [6.45, 7) is 3.63. The lowest BCUT2D eigenvalue weighted by Gasteiger charge is -2.22. The molecule has 3 rings (SSSR count). The van der Waals surface area contributed by atoms with Crippen LogP contribution in [0.5, 0.6) is 0 Å². The summed E-state index contributed by atoms with van der Waals surface area (Å²) >= 11 is 1.25. The molecule has 1 aromatic heterocycles. The molecule has 2 N–H and O–H groups in total. The zero-order valence-electron chi connectivity index (χ0n) is 13.7. The van der Waals surface area contributed by atoms with Crippen LogP contribution in [0.4, 0.5) is 22.7 Å². The van der Waals surface area contributed by atoms with Crippen LogP contribution in [0, 0.1) is 5.82 Å². The Morgan fingerprint density at radius 2 is 2.08 bits per heavy atom. The zero-order chi connectivity index (χ0) is 18.2. The van der Waals surface area contributed by atoms with Crippen molar-refractivity contribution in [1.82, 2.24) is 9.88 Å². The van der Waals surface area contributed by atoms with Gasteiger partial charge in [0.25, 0.3) is 0 Å². The Hall–Kier alpha value is -1.67. The van der Waals surface area contributed by atoms with Gasteiger partial charge in [0.1, 0.15) is 5.82 Å². The van der Waals surface area contributed by atoms with Gasteiger partial charge in [-0.1, -0.05) is 6.92 Å². The number of aromatic nitrogens is 1. The van der Waals surface area contributed by atoms with E-state index in [0.29, 0.717) is 24.3 Å². The molecule has 1 fully saturated rings. The summed E-state index contributed by atoms with van der Waals surface area (Å²) in [6.07, 6.45) is -1.39. The van der Waals surface area contributed by atoms with Gasteiger partial charge in [-0.15, -0.1) is 11.3 Å². The predicted molar refractivity (Wildman–Crippen MR) is 90.6 cm³/mol. The van der Waals surface area contributed by atoms with E-state index in [1.807, 2.05) is 0 Å². The van der Waals surface area contributed by atoms with Crippen molar-refractivity contribution in [2.45, 2.75) is 44.9 Å². The summed E-state index contributed by atoms with van der Waals surface area (Å²) in [4.78, 5) is 7.24. The lowest BCUT2D eigenvalue weighted by atomic mass is 10.1. The van der Waals surface area contributed by atoms with Crippen LogP contribution in [0.3, 0.4) is 0 Å². The Bertz CT molecular complexity index is 757. The molecule has 2 aromatic rings. The second-order valence-electron chi connectivity index (χ2n) is 6.23. The lowest BCUT2D eigenvalue weighted by Crippen LogP contribution is -2.28. The topological polar surface area (TPSA) is 42.1 Å². The fraction of sp³-hybridized carbons (Fsp3) is 0.471. The molecule has 0 bridgehead atoms. The van der Waals surface area contributed by atoms with Gasteiger partial charge in [0.15, 0.2) is 5.13 Å². The zero-order valence-corrected chi connectivity index (χ0v) is 14.6. The van der Waals surface area contributed by atoms with Crippen molar-refractivity contribution in [1.29, 1.82) is 0 Å². The highest BCUT2D eigenvalue weighted by Gasteiger charge is 2.32. The number of hydrogen-bond acceptors (Lipinski definition) is 4. The standard InChI is InChI=1S/C17H19F4N3S/c1-2-13-4-3-5-24(13)9-14-15(23-16(22)25-14)10-6-11(17(19,20)21)8-12(18)7-10/h6-8,13H,2-5,9H2,1H3,(H2,22,23)/t13-/m1/s1. The number of hydrogen-bond donors (Lipinski definition) is 1. The maximum atomic E-state index is 13.7. The van der Waals surface area contributed by atoms with Gasteiger partial charge >= 0.3 is 6.18 Å². The van der Waals surface area contributed by atoms with Crippen molar-refractivity contribution < 1.29 is 17.6 Å². The molecule has 0 radical (unpaired) electrons. The Balaban J connectivity index is 1.97. The van der Waals surface area contributed by atoms with Gasteiger partial charge in [-0.3, -0.25) is 4.90 Å². The number of nitrogens with two attached hydrogens (primary N) is 1. The molecule has 0 amide bonds. The minimum atomic E-state index is -4.61. The molecule has 136 valence electrons. The molecule has 1 aromatic carbocycles. The molecule has 0 saturated carbocycles. The minimum Gasteiger partial charge on any atom is -0.375 e. The SMILES string of the molecule is CC[C@@H]1CCCN1Cc1sc(N)nc1-c1cc(F)cc(C(F)(F)F)c1. The first-order chi connectivity index (χ1) is 11.8.